The molecular weight excluding hydrogens is 314 g/mol. The quantitative estimate of drug-likeness (QED) is 0.799. The molecule has 2 aliphatic rings. The summed E-state index contributed by atoms with van der Waals surface area (Å²) in [6.45, 7) is 3.22. The fourth-order valence-corrected chi connectivity index (χ4v) is 3.76. The van der Waals surface area contributed by atoms with Gasteiger partial charge in [0.25, 0.3) is 5.91 Å². The summed E-state index contributed by atoms with van der Waals surface area (Å²) in [7, 11) is 0. The maximum atomic E-state index is 12.6. The molecule has 2 aromatic carbocycles. The molecule has 0 bridgehead atoms. The summed E-state index contributed by atoms with van der Waals surface area (Å²) >= 11 is 0. The van der Waals surface area contributed by atoms with Crippen LogP contribution in [0.5, 0.6) is 5.75 Å². The van der Waals surface area contributed by atoms with Crippen molar-refractivity contribution < 1.29 is 14.3 Å². The van der Waals surface area contributed by atoms with Crippen LogP contribution in [0.3, 0.4) is 0 Å². The molecule has 2 aromatic rings. The van der Waals surface area contributed by atoms with Gasteiger partial charge in [0.15, 0.2) is 5.78 Å². The number of hydrogen-bond acceptors (Lipinski definition) is 3. The molecule has 0 saturated carbocycles. The first kappa shape index (κ1) is 15.9. The van der Waals surface area contributed by atoms with E-state index in [4.69, 9.17) is 4.74 Å². The zero-order chi connectivity index (χ0) is 17.4. The van der Waals surface area contributed by atoms with Gasteiger partial charge in [0.2, 0.25) is 0 Å². The van der Waals surface area contributed by atoms with E-state index >= 15 is 0 Å². The van der Waals surface area contributed by atoms with E-state index in [-0.39, 0.29) is 11.7 Å². The largest absolute Gasteiger partial charge is 0.486 e. The molecule has 1 fully saturated rings. The van der Waals surface area contributed by atoms with Gasteiger partial charge in [0, 0.05) is 31.5 Å². The molecule has 4 nitrogen and oxygen atoms in total. The third kappa shape index (κ3) is 2.93. The standard InChI is InChI=1S/C21H21NO3/c1-15-7-8-17-18(23)14-21(25-19(17)13-15)9-11-22(12-10-21)20(24)16-5-3-2-4-6-16/h2-8,13H,9-12,14H2,1H3. The number of nitrogens with zero attached hydrogens (tertiary/aromatic N) is 1. The Hall–Kier alpha value is -2.62. The highest BCUT2D eigenvalue weighted by Gasteiger charge is 2.43. The number of benzene rings is 2. The van der Waals surface area contributed by atoms with Gasteiger partial charge in [-0.25, -0.2) is 0 Å². The zero-order valence-corrected chi connectivity index (χ0v) is 14.3. The van der Waals surface area contributed by atoms with Crippen LogP contribution in [0.15, 0.2) is 48.5 Å². The van der Waals surface area contributed by atoms with E-state index < -0.39 is 5.60 Å². The summed E-state index contributed by atoms with van der Waals surface area (Å²) in [4.78, 5) is 27.0. The first-order valence-electron chi connectivity index (χ1n) is 8.74. The molecule has 25 heavy (non-hydrogen) atoms. The third-order valence-electron chi connectivity index (χ3n) is 5.23. The summed E-state index contributed by atoms with van der Waals surface area (Å²) in [6, 6.07) is 15.1. The molecule has 2 aliphatic heterocycles. The van der Waals surface area contributed by atoms with Gasteiger partial charge in [0.1, 0.15) is 11.4 Å². The number of likely N-dealkylation sites (tertiary alicyclic amines) is 1. The lowest BCUT2D eigenvalue weighted by molar-refractivity contribution is -0.00573. The highest BCUT2D eigenvalue weighted by Crippen LogP contribution is 2.39. The van der Waals surface area contributed by atoms with E-state index in [9.17, 15) is 9.59 Å². The molecule has 4 heteroatoms. The van der Waals surface area contributed by atoms with Crippen LogP contribution in [-0.4, -0.2) is 35.3 Å². The first-order valence-corrected chi connectivity index (χ1v) is 8.74. The number of fused-ring (bicyclic) bond motifs is 1. The molecule has 0 N–H and O–H groups in total. The molecule has 0 unspecified atom stereocenters. The Morgan fingerprint density at radius 2 is 1.80 bits per heavy atom. The Balaban J connectivity index is 1.50. The number of hydrogen-bond donors (Lipinski definition) is 0. The second-order valence-corrected chi connectivity index (χ2v) is 7.04. The summed E-state index contributed by atoms with van der Waals surface area (Å²) in [6.07, 6.45) is 1.77. The van der Waals surface area contributed by atoms with E-state index in [0.29, 0.717) is 49.2 Å². The number of piperidine rings is 1. The van der Waals surface area contributed by atoms with Crippen molar-refractivity contribution in [3.63, 3.8) is 0 Å². The number of ether oxygens (including phenoxy) is 1. The second-order valence-electron chi connectivity index (χ2n) is 7.04. The minimum atomic E-state index is -0.467. The summed E-state index contributed by atoms with van der Waals surface area (Å²) in [5.74, 6) is 0.886. The van der Waals surface area contributed by atoms with E-state index in [1.807, 2.05) is 60.4 Å². The van der Waals surface area contributed by atoms with Gasteiger partial charge in [-0.3, -0.25) is 9.59 Å². The van der Waals surface area contributed by atoms with Gasteiger partial charge in [-0.1, -0.05) is 24.3 Å². The summed E-state index contributed by atoms with van der Waals surface area (Å²) in [5, 5.41) is 0. The van der Waals surface area contributed by atoms with Crippen LogP contribution in [0.2, 0.25) is 0 Å². The lowest BCUT2D eigenvalue weighted by Crippen LogP contribution is -2.52. The van der Waals surface area contributed by atoms with Gasteiger partial charge >= 0.3 is 0 Å². The highest BCUT2D eigenvalue weighted by molar-refractivity contribution is 6.00. The SMILES string of the molecule is Cc1ccc2c(c1)OC1(CCN(C(=O)c3ccccc3)CC1)CC2=O. The molecule has 2 heterocycles. The Kier molecular flexibility index (Phi) is 3.83. The van der Waals surface area contributed by atoms with Crippen LogP contribution in [0.25, 0.3) is 0 Å². The minimum absolute atomic E-state index is 0.0498. The smallest absolute Gasteiger partial charge is 0.253 e. The lowest BCUT2D eigenvalue weighted by Gasteiger charge is -2.44. The van der Waals surface area contributed by atoms with Crippen molar-refractivity contribution in [2.75, 3.05) is 13.1 Å². The lowest BCUT2D eigenvalue weighted by atomic mass is 9.82. The molecule has 128 valence electrons. The van der Waals surface area contributed by atoms with E-state index in [1.165, 1.54) is 0 Å². The van der Waals surface area contributed by atoms with Crippen molar-refractivity contribution in [3.05, 3.63) is 65.2 Å². The van der Waals surface area contributed by atoms with Crippen molar-refractivity contribution in [3.8, 4) is 5.75 Å². The van der Waals surface area contributed by atoms with Crippen molar-refractivity contribution in [2.45, 2.75) is 31.8 Å². The normalized spacial score (nSPS) is 18.6. The number of Topliss-reactive ketones (excluding diaryl/α,β-unsaturated/α-hetero) is 1. The topological polar surface area (TPSA) is 46.6 Å². The first-order chi connectivity index (χ1) is 12.1. The Bertz CT molecular complexity index is 820. The van der Waals surface area contributed by atoms with Crippen LogP contribution in [0.4, 0.5) is 0 Å². The van der Waals surface area contributed by atoms with E-state index in [0.717, 1.165) is 5.56 Å². The maximum Gasteiger partial charge on any atom is 0.253 e. The predicted molar refractivity (Wildman–Crippen MR) is 95.1 cm³/mol. The second kappa shape index (κ2) is 6.03. The molecular formula is C21H21NO3. The van der Waals surface area contributed by atoms with Crippen LogP contribution in [0.1, 0.15) is 45.5 Å². The third-order valence-corrected chi connectivity index (χ3v) is 5.23. The van der Waals surface area contributed by atoms with Crippen molar-refractivity contribution >= 4 is 11.7 Å². The van der Waals surface area contributed by atoms with Gasteiger partial charge in [-0.2, -0.15) is 0 Å². The molecule has 0 aliphatic carbocycles. The van der Waals surface area contributed by atoms with E-state index in [1.54, 1.807) is 0 Å². The number of ketones is 1. The fourth-order valence-electron chi connectivity index (χ4n) is 3.76. The number of aryl methyl sites for hydroxylation is 1. The summed E-state index contributed by atoms with van der Waals surface area (Å²) < 4.78 is 6.29. The molecule has 0 radical (unpaired) electrons. The number of carbonyl (C=O) groups excluding carboxylic acids is 2. The Labute approximate surface area is 147 Å². The van der Waals surface area contributed by atoms with Crippen LogP contribution >= 0.6 is 0 Å². The van der Waals surface area contributed by atoms with Gasteiger partial charge in [-0.15, -0.1) is 0 Å². The minimum Gasteiger partial charge on any atom is -0.486 e. The van der Waals surface area contributed by atoms with Gasteiger partial charge in [0.05, 0.1) is 12.0 Å². The molecule has 1 saturated heterocycles. The maximum absolute atomic E-state index is 12.6. The fraction of sp³-hybridized carbons (Fsp3) is 0.333. The number of rotatable bonds is 1. The monoisotopic (exact) mass is 335 g/mol. The molecule has 0 aromatic heterocycles. The van der Waals surface area contributed by atoms with Crippen molar-refractivity contribution in [2.24, 2.45) is 0 Å². The van der Waals surface area contributed by atoms with E-state index in [2.05, 4.69) is 0 Å². The van der Waals surface area contributed by atoms with Gasteiger partial charge < -0.3 is 9.64 Å². The van der Waals surface area contributed by atoms with Gasteiger partial charge in [-0.05, 0) is 36.8 Å². The zero-order valence-electron chi connectivity index (χ0n) is 14.3. The summed E-state index contributed by atoms with van der Waals surface area (Å²) in [5.41, 5.74) is 2.00. The van der Waals surface area contributed by atoms with Crippen LogP contribution < -0.4 is 4.74 Å². The number of carbonyl (C=O) groups is 2. The average molecular weight is 335 g/mol. The Morgan fingerprint density at radius 1 is 1.08 bits per heavy atom. The molecule has 1 spiro atoms. The molecule has 4 rings (SSSR count). The number of amides is 1. The van der Waals surface area contributed by atoms with Crippen LogP contribution in [0, 0.1) is 6.92 Å². The molecule has 1 amide bonds. The van der Waals surface area contributed by atoms with Crippen molar-refractivity contribution in [1.29, 1.82) is 0 Å². The Morgan fingerprint density at radius 3 is 2.52 bits per heavy atom. The highest BCUT2D eigenvalue weighted by atomic mass is 16.5. The predicted octanol–water partition coefficient (Wildman–Crippen LogP) is 3.64. The molecule has 0 atom stereocenters. The average Bonchev–Trinajstić information content (AvgIpc) is 2.62. The van der Waals surface area contributed by atoms with Crippen LogP contribution in [-0.2, 0) is 0 Å². The van der Waals surface area contributed by atoms with Crippen molar-refractivity contribution in [1.82, 2.24) is 4.90 Å².